The Balaban J connectivity index is 2.51. The summed E-state index contributed by atoms with van der Waals surface area (Å²) >= 11 is 0. The Bertz CT molecular complexity index is 318. The fourth-order valence-corrected chi connectivity index (χ4v) is 2.57. The summed E-state index contributed by atoms with van der Waals surface area (Å²) in [5.74, 6) is -0.663. The average Bonchev–Trinajstić information content (AvgIpc) is 2.51. The Morgan fingerprint density at radius 2 is 1.79 bits per heavy atom. The molecular weight excluding hydrogens is 244 g/mol. The third-order valence-corrected chi connectivity index (χ3v) is 3.90. The van der Waals surface area contributed by atoms with Crippen molar-refractivity contribution in [3.63, 3.8) is 0 Å². The van der Waals surface area contributed by atoms with Crippen molar-refractivity contribution in [1.82, 2.24) is 10.6 Å². The Hall–Kier alpha value is -1.26. The molecule has 3 N–H and O–H groups in total. The van der Waals surface area contributed by atoms with Gasteiger partial charge in [0.05, 0.1) is 0 Å². The van der Waals surface area contributed by atoms with E-state index in [0.717, 1.165) is 19.3 Å². The van der Waals surface area contributed by atoms with Crippen LogP contribution in [0, 0.1) is 11.8 Å². The zero-order valence-corrected chi connectivity index (χ0v) is 12.1. The number of hydrogen-bond acceptors (Lipinski definition) is 2. The number of rotatable bonds is 4. The third kappa shape index (κ3) is 5.09. The molecule has 1 aliphatic rings. The van der Waals surface area contributed by atoms with Crippen LogP contribution < -0.4 is 10.6 Å². The van der Waals surface area contributed by atoms with Gasteiger partial charge in [0.2, 0.25) is 0 Å². The molecule has 0 aliphatic heterocycles. The van der Waals surface area contributed by atoms with E-state index in [1.165, 1.54) is 12.8 Å². The smallest absolute Gasteiger partial charge is 0.326 e. The fraction of sp³-hybridized carbons (Fsp3) is 0.857. The molecule has 2 amide bonds. The molecule has 1 saturated carbocycles. The van der Waals surface area contributed by atoms with Crippen LogP contribution in [0.1, 0.15) is 52.9 Å². The topological polar surface area (TPSA) is 78.4 Å². The zero-order chi connectivity index (χ0) is 14.4. The molecule has 0 radical (unpaired) electrons. The highest BCUT2D eigenvalue weighted by Crippen LogP contribution is 2.22. The molecular formula is C14H26N2O3. The Morgan fingerprint density at radius 3 is 2.37 bits per heavy atom. The van der Waals surface area contributed by atoms with Gasteiger partial charge in [0.15, 0.2) is 0 Å². The lowest BCUT2D eigenvalue weighted by molar-refractivity contribution is -0.140. The molecule has 0 aromatic carbocycles. The summed E-state index contributed by atoms with van der Waals surface area (Å²) in [5, 5.41) is 14.5. The number of aliphatic carboxylic acids is 1. The van der Waals surface area contributed by atoms with Crippen molar-refractivity contribution in [2.45, 2.75) is 65.0 Å². The van der Waals surface area contributed by atoms with Gasteiger partial charge >= 0.3 is 12.0 Å². The molecule has 3 unspecified atom stereocenters. The van der Waals surface area contributed by atoms with Crippen molar-refractivity contribution in [3.05, 3.63) is 0 Å². The summed E-state index contributed by atoms with van der Waals surface area (Å²) < 4.78 is 0. The number of carbonyl (C=O) groups excluding carboxylic acids is 1. The van der Waals surface area contributed by atoms with E-state index < -0.39 is 12.0 Å². The van der Waals surface area contributed by atoms with Gasteiger partial charge in [-0.25, -0.2) is 9.59 Å². The van der Waals surface area contributed by atoms with Crippen molar-refractivity contribution < 1.29 is 14.7 Å². The quantitative estimate of drug-likeness (QED) is 0.686. The summed E-state index contributed by atoms with van der Waals surface area (Å²) in [6, 6.07) is -1.04. The molecule has 0 spiro atoms. The van der Waals surface area contributed by atoms with Gasteiger partial charge in [-0.3, -0.25) is 0 Å². The maximum absolute atomic E-state index is 11.9. The molecule has 5 heteroatoms. The Kier molecular flexibility index (Phi) is 6.12. The number of urea groups is 1. The van der Waals surface area contributed by atoms with E-state index in [-0.39, 0.29) is 18.0 Å². The highest BCUT2D eigenvalue weighted by atomic mass is 16.4. The standard InChI is InChI=1S/C14H26N2O3/c1-9(2)12(13(17)18)16-14(19)15-11-8-6-4-5-7-10(11)3/h9-12H,4-8H2,1-3H3,(H,17,18)(H2,15,16,19). The van der Waals surface area contributed by atoms with Crippen molar-refractivity contribution in [2.75, 3.05) is 0 Å². The molecule has 1 fully saturated rings. The predicted octanol–water partition coefficient (Wildman–Crippen LogP) is 2.36. The average molecular weight is 270 g/mol. The van der Waals surface area contributed by atoms with Crippen LogP contribution >= 0.6 is 0 Å². The maximum Gasteiger partial charge on any atom is 0.326 e. The van der Waals surface area contributed by atoms with Crippen LogP contribution in [-0.2, 0) is 4.79 Å². The Morgan fingerprint density at radius 1 is 1.16 bits per heavy atom. The van der Waals surface area contributed by atoms with Crippen molar-refractivity contribution in [2.24, 2.45) is 11.8 Å². The minimum absolute atomic E-state index is 0.130. The summed E-state index contributed by atoms with van der Waals surface area (Å²) in [6.45, 7) is 5.72. The van der Waals surface area contributed by atoms with Crippen LogP contribution in [0.3, 0.4) is 0 Å². The van der Waals surface area contributed by atoms with Gasteiger partial charge in [0, 0.05) is 6.04 Å². The van der Waals surface area contributed by atoms with Crippen LogP contribution in [0.5, 0.6) is 0 Å². The summed E-state index contributed by atoms with van der Waals surface area (Å²) in [6.07, 6.45) is 5.66. The molecule has 0 aromatic rings. The lowest BCUT2D eigenvalue weighted by Crippen LogP contribution is -2.52. The first-order valence-corrected chi connectivity index (χ1v) is 7.21. The maximum atomic E-state index is 11.9. The minimum atomic E-state index is -0.987. The van der Waals surface area contributed by atoms with Crippen LogP contribution in [0.15, 0.2) is 0 Å². The normalized spacial score (nSPS) is 25.5. The lowest BCUT2D eigenvalue weighted by Gasteiger charge is -2.25. The van der Waals surface area contributed by atoms with E-state index in [9.17, 15) is 9.59 Å². The summed E-state index contributed by atoms with van der Waals surface area (Å²) in [5.41, 5.74) is 0. The van der Waals surface area contributed by atoms with Crippen LogP contribution in [0.4, 0.5) is 4.79 Å². The first kappa shape index (κ1) is 15.8. The van der Waals surface area contributed by atoms with Gasteiger partial charge in [-0.1, -0.05) is 40.0 Å². The lowest BCUT2D eigenvalue weighted by atomic mass is 9.97. The number of nitrogens with one attached hydrogen (secondary N) is 2. The molecule has 0 heterocycles. The highest BCUT2D eigenvalue weighted by Gasteiger charge is 2.26. The monoisotopic (exact) mass is 270 g/mol. The molecule has 3 atom stereocenters. The molecule has 0 saturated heterocycles. The predicted molar refractivity (Wildman–Crippen MR) is 74.0 cm³/mol. The van der Waals surface area contributed by atoms with Crippen LogP contribution in [-0.4, -0.2) is 29.2 Å². The van der Waals surface area contributed by atoms with E-state index in [1.54, 1.807) is 13.8 Å². The molecule has 1 aliphatic carbocycles. The van der Waals surface area contributed by atoms with Gasteiger partial charge in [-0.05, 0) is 24.7 Å². The van der Waals surface area contributed by atoms with Gasteiger partial charge < -0.3 is 15.7 Å². The van der Waals surface area contributed by atoms with Gasteiger partial charge in [0.25, 0.3) is 0 Å². The number of carboxylic acid groups (broad SMARTS) is 1. The molecule has 110 valence electrons. The second-order valence-corrected chi connectivity index (χ2v) is 5.90. The van der Waals surface area contributed by atoms with Gasteiger partial charge in [-0.15, -0.1) is 0 Å². The second-order valence-electron chi connectivity index (χ2n) is 5.90. The largest absolute Gasteiger partial charge is 0.480 e. The molecule has 0 bridgehead atoms. The highest BCUT2D eigenvalue weighted by molar-refractivity contribution is 5.82. The SMILES string of the molecule is CC(C)C(NC(=O)NC1CCCCCC1C)C(=O)O. The van der Waals surface area contributed by atoms with E-state index in [1.807, 2.05) is 0 Å². The van der Waals surface area contributed by atoms with Crippen LogP contribution in [0.25, 0.3) is 0 Å². The molecule has 1 rings (SSSR count). The summed E-state index contributed by atoms with van der Waals surface area (Å²) in [7, 11) is 0. The van der Waals surface area contributed by atoms with Crippen molar-refractivity contribution >= 4 is 12.0 Å². The first-order valence-electron chi connectivity index (χ1n) is 7.21. The number of carbonyl (C=O) groups is 2. The molecule has 5 nitrogen and oxygen atoms in total. The van der Waals surface area contributed by atoms with Crippen molar-refractivity contribution in [3.8, 4) is 0 Å². The second kappa shape index (κ2) is 7.36. The first-order chi connectivity index (χ1) is 8.91. The van der Waals surface area contributed by atoms with E-state index in [2.05, 4.69) is 17.6 Å². The number of hydrogen-bond donors (Lipinski definition) is 3. The number of carboxylic acids is 1. The van der Waals surface area contributed by atoms with Crippen LogP contribution in [0.2, 0.25) is 0 Å². The minimum Gasteiger partial charge on any atom is -0.480 e. The molecule has 0 aromatic heterocycles. The van der Waals surface area contributed by atoms with E-state index >= 15 is 0 Å². The Labute approximate surface area is 115 Å². The van der Waals surface area contributed by atoms with Gasteiger partial charge in [-0.2, -0.15) is 0 Å². The third-order valence-electron chi connectivity index (χ3n) is 3.90. The fourth-order valence-electron chi connectivity index (χ4n) is 2.57. The zero-order valence-electron chi connectivity index (χ0n) is 12.1. The van der Waals surface area contributed by atoms with E-state index in [4.69, 9.17) is 5.11 Å². The van der Waals surface area contributed by atoms with Crippen molar-refractivity contribution in [1.29, 1.82) is 0 Å². The number of amides is 2. The summed E-state index contributed by atoms with van der Waals surface area (Å²) in [4.78, 5) is 22.9. The van der Waals surface area contributed by atoms with E-state index in [0.29, 0.717) is 5.92 Å². The molecule has 19 heavy (non-hydrogen) atoms. The van der Waals surface area contributed by atoms with Gasteiger partial charge in [0.1, 0.15) is 6.04 Å².